The second-order valence-electron chi connectivity index (χ2n) is 7.68. The average Bonchev–Trinajstić information content (AvgIpc) is 3.39. The number of rotatable bonds is 4. The van der Waals surface area contributed by atoms with E-state index in [4.69, 9.17) is 0 Å². The van der Waals surface area contributed by atoms with Crippen molar-refractivity contribution in [3.8, 4) is 0 Å². The summed E-state index contributed by atoms with van der Waals surface area (Å²) in [6.45, 7) is 4.59. The van der Waals surface area contributed by atoms with Crippen LogP contribution in [0.5, 0.6) is 0 Å². The van der Waals surface area contributed by atoms with Crippen molar-refractivity contribution < 1.29 is 4.79 Å². The minimum absolute atomic E-state index is 0.0347. The van der Waals surface area contributed by atoms with E-state index >= 15 is 0 Å². The highest BCUT2D eigenvalue weighted by atomic mass is 16.2. The number of hydrogen-bond acceptors (Lipinski definition) is 4. The smallest absolute Gasteiger partial charge is 0.289 e. The topological polar surface area (TPSA) is 63.1 Å². The molecule has 0 bridgehead atoms. The van der Waals surface area contributed by atoms with E-state index in [0.717, 1.165) is 37.5 Å². The lowest BCUT2D eigenvalue weighted by Gasteiger charge is -2.25. The summed E-state index contributed by atoms with van der Waals surface area (Å²) < 4.78 is 2.08. The zero-order valence-corrected chi connectivity index (χ0v) is 12.9. The van der Waals surface area contributed by atoms with Crippen LogP contribution in [0.4, 0.5) is 0 Å². The SMILES string of the molecule is O=C(NC1CC1)c1nnc2n1C[C@@H]1CN(CC3CC3)C[C@H]1C2. The van der Waals surface area contributed by atoms with E-state index in [2.05, 4.69) is 25.0 Å². The molecule has 118 valence electrons. The Bertz CT molecular complexity index is 604. The summed E-state index contributed by atoms with van der Waals surface area (Å²) in [5, 5.41) is 11.5. The Hall–Kier alpha value is -1.43. The minimum atomic E-state index is -0.0347. The molecule has 1 aromatic rings. The van der Waals surface area contributed by atoms with Crippen molar-refractivity contribution in [2.75, 3.05) is 19.6 Å². The molecule has 0 unspecified atom stereocenters. The summed E-state index contributed by atoms with van der Waals surface area (Å²) in [6.07, 6.45) is 6.03. The molecule has 2 aliphatic carbocycles. The Labute approximate surface area is 130 Å². The first-order valence-electron chi connectivity index (χ1n) is 8.71. The van der Waals surface area contributed by atoms with Gasteiger partial charge in [0, 0.05) is 38.6 Å². The van der Waals surface area contributed by atoms with Crippen LogP contribution in [0.25, 0.3) is 0 Å². The number of aromatic nitrogens is 3. The second-order valence-corrected chi connectivity index (χ2v) is 7.68. The maximum Gasteiger partial charge on any atom is 0.289 e. The molecule has 0 radical (unpaired) electrons. The molecular weight excluding hydrogens is 278 g/mol. The molecule has 2 aliphatic heterocycles. The van der Waals surface area contributed by atoms with Gasteiger partial charge in [-0.15, -0.1) is 10.2 Å². The van der Waals surface area contributed by atoms with Gasteiger partial charge in [-0.2, -0.15) is 0 Å². The first-order valence-corrected chi connectivity index (χ1v) is 8.71. The fourth-order valence-electron chi connectivity index (χ4n) is 4.08. The molecule has 1 saturated heterocycles. The van der Waals surface area contributed by atoms with Crippen LogP contribution in [-0.2, 0) is 13.0 Å². The number of likely N-dealkylation sites (tertiary alicyclic amines) is 1. The number of carbonyl (C=O) groups is 1. The molecule has 22 heavy (non-hydrogen) atoms. The maximum absolute atomic E-state index is 12.3. The predicted octanol–water partition coefficient (Wildman–Crippen LogP) is 0.684. The van der Waals surface area contributed by atoms with Crippen LogP contribution in [0.2, 0.25) is 0 Å². The Morgan fingerprint density at radius 1 is 1.09 bits per heavy atom. The third-order valence-corrected chi connectivity index (χ3v) is 5.67. The van der Waals surface area contributed by atoms with Crippen LogP contribution < -0.4 is 5.32 Å². The zero-order chi connectivity index (χ0) is 14.7. The van der Waals surface area contributed by atoms with E-state index in [1.54, 1.807) is 0 Å². The minimum Gasteiger partial charge on any atom is -0.347 e. The van der Waals surface area contributed by atoms with E-state index in [-0.39, 0.29) is 5.91 Å². The summed E-state index contributed by atoms with van der Waals surface area (Å²) in [5.41, 5.74) is 0. The zero-order valence-electron chi connectivity index (χ0n) is 12.9. The van der Waals surface area contributed by atoms with Gasteiger partial charge in [-0.05, 0) is 43.4 Å². The lowest BCUT2D eigenvalue weighted by molar-refractivity contribution is 0.0932. The standard InChI is InChI=1S/C16H23N5O/c22-16(17-13-3-4-13)15-19-18-14-5-11-7-20(6-10-1-2-10)8-12(11)9-21(14)15/h10-13H,1-9H2,(H,17,22)/t11-,12+/m1/s1. The van der Waals surface area contributed by atoms with Gasteiger partial charge in [-0.3, -0.25) is 4.79 Å². The average molecular weight is 301 g/mol. The number of nitrogens with one attached hydrogen (secondary N) is 1. The van der Waals surface area contributed by atoms with Crippen molar-refractivity contribution in [3.63, 3.8) is 0 Å². The lowest BCUT2D eigenvalue weighted by atomic mass is 9.89. The molecule has 1 N–H and O–H groups in total. The third-order valence-electron chi connectivity index (χ3n) is 5.67. The van der Waals surface area contributed by atoms with Crippen molar-refractivity contribution in [2.45, 2.75) is 44.7 Å². The largest absolute Gasteiger partial charge is 0.347 e. The third kappa shape index (κ3) is 2.33. The van der Waals surface area contributed by atoms with Crippen molar-refractivity contribution in [1.82, 2.24) is 25.0 Å². The lowest BCUT2D eigenvalue weighted by Crippen LogP contribution is -2.33. The van der Waals surface area contributed by atoms with Gasteiger partial charge in [0.25, 0.3) is 5.91 Å². The summed E-state index contributed by atoms with van der Waals surface area (Å²) in [5.74, 6) is 3.83. The van der Waals surface area contributed by atoms with Gasteiger partial charge in [-0.1, -0.05) is 0 Å². The Morgan fingerprint density at radius 2 is 1.91 bits per heavy atom. The van der Waals surface area contributed by atoms with Gasteiger partial charge in [0.05, 0.1) is 0 Å². The molecule has 1 amide bonds. The monoisotopic (exact) mass is 301 g/mol. The molecule has 5 rings (SSSR count). The Morgan fingerprint density at radius 3 is 2.68 bits per heavy atom. The first-order chi connectivity index (χ1) is 10.8. The van der Waals surface area contributed by atoms with E-state index in [1.165, 1.54) is 32.5 Å². The number of carbonyl (C=O) groups excluding carboxylic acids is 1. The number of hydrogen-bond donors (Lipinski definition) is 1. The molecule has 2 atom stereocenters. The molecule has 4 aliphatic rings. The van der Waals surface area contributed by atoms with Gasteiger partial charge in [0.2, 0.25) is 5.82 Å². The quantitative estimate of drug-likeness (QED) is 0.888. The van der Waals surface area contributed by atoms with Crippen LogP contribution >= 0.6 is 0 Å². The van der Waals surface area contributed by atoms with Crippen LogP contribution in [-0.4, -0.2) is 51.2 Å². The summed E-state index contributed by atoms with van der Waals surface area (Å²) >= 11 is 0. The van der Waals surface area contributed by atoms with Crippen molar-refractivity contribution in [2.24, 2.45) is 17.8 Å². The fraction of sp³-hybridized carbons (Fsp3) is 0.812. The van der Waals surface area contributed by atoms with Gasteiger partial charge in [0.15, 0.2) is 0 Å². The predicted molar refractivity (Wildman–Crippen MR) is 80.4 cm³/mol. The summed E-state index contributed by atoms with van der Waals surface area (Å²) in [4.78, 5) is 14.9. The fourth-order valence-corrected chi connectivity index (χ4v) is 4.08. The number of fused-ring (bicyclic) bond motifs is 2. The number of nitrogens with zero attached hydrogens (tertiary/aromatic N) is 4. The van der Waals surface area contributed by atoms with Crippen LogP contribution in [0.1, 0.15) is 42.1 Å². The van der Waals surface area contributed by atoms with Crippen molar-refractivity contribution >= 4 is 5.91 Å². The number of amides is 1. The molecule has 0 aromatic carbocycles. The van der Waals surface area contributed by atoms with Crippen LogP contribution in [0.15, 0.2) is 0 Å². The van der Waals surface area contributed by atoms with Crippen LogP contribution in [0, 0.1) is 17.8 Å². The maximum atomic E-state index is 12.3. The van der Waals surface area contributed by atoms with Crippen molar-refractivity contribution in [1.29, 1.82) is 0 Å². The summed E-state index contributed by atoms with van der Waals surface area (Å²) in [6, 6.07) is 0.373. The molecule has 1 aromatic heterocycles. The van der Waals surface area contributed by atoms with Gasteiger partial charge >= 0.3 is 0 Å². The second kappa shape index (κ2) is 4.78. The normalized spacial score (nSPS) is 30.9. The highest BCUT2D eigenvalue weighted by molar-refractivity contribution is 5.91. The van der Waals surface area contributed by atoms with E-state index in [9.17, 15) is 4.79 Å². The molecule has 3 fully saturated rings. The summed E-state index contributed by atoms with van der Waals surface area (Å²) in [7, 11) is 0. The highest BCUT2D eigenvalue weighted by Crippen LogP contribution is 2.36. The van der Waals surface area contributed by atoms with Gasteiger partial charge in [-0.25, -0.2) is 0 Å². The van der Waals surface area contributed by atoms with Crippen molar-refractivity contribution in [3.05, 3.63) is 11.6 Å². The first kappa shape index (κ1) is 13.0. The molecule has 2 saturated carbocycles. The molecular formula is C16H23N5O. The van der Waals surface area contributed by atoms with Gasteiger partial charge < -0.3 is 14.8 Å². The van der Waals surface area contributed by atoms with E-state index in [1.807, 2.05) is 0 Å². The molecule has 0 spiro atoms. The molecule has 6 heteroatoms. The Kier molecular flexibility index (Phi) is 2.84. The molecule has 3 heterocycles. The van der Waals surface area contributed by atoms with Gasteiger partial charge in [0.1, 0.15) is 5.82 Å². The molecule has 6 nitrogen and oxygen atoms in total. The van der Waals surface area contributed by atoms with E-state index < -0.39 is 0 Å². The Balaban J connectivity index is 1.31. The van der Waals surface area contributed by atoms with Crippen LogP contribution in [0.3, 0.4) is 0 Å². The van der Waals surface area contributed by atoms with E-state index in [0.29, 0.717) is 23.7 Å². The highest BCUT2D eigenvalue weighted by Gasteiger charge is 2.40.